The van der Waals surface area contributed by atoms with Crippen LogP contribution in [-0.2, 0) is 9.59 Å². The van der Waals surface area contributed by atoms with Gasteiger partial charge in [0.1, 0.15) is 5.75 Å². The zero-order valence-electron chi connectivity index (χ0n) is 16.2. The van der Waals surface area contributed by atoms with Crippen molar-refractivity contribution in [1.82, 2.24) is 15.5 Å². The molecule has 0 spiro atoms. The summed E-state index contributed by atoms with van der Waals surface area (Å²) in [5.41, 5.74) is 1.10. The monoisotopic (exact) mass is 361 g/mol. The van der Waals surface area contributed by atoms with Crippen LogP contribution in [0.5, 0.6) is 5.75 Å². The van der Waals surface area contributed by atoms with E-state index in [1.165, 1.54) is 0 Å². The largest absolute Gasteiger partial charge is 0.497 e. The molecule has 1 aromatic rings. The predicted octanol–water partition coefficient (Wildman–Crippen LogP) is 2.11. The van der Waals surface area contributed by atoms with Crippen molar-refractivity contribution in [2.75, 3.05) is 26.7 Å². The van der Waals surface area contributed by atoms with Crippen LogP contribution in [0.15, 0.2) is 24.3 Å². The van der Waals surface area contributed by atoms with Crippen LogP contribution in [0.2, 0.25) is 0 Å². The summed E-state index contributed by atoms with van der Waals surface area (Å²) in [6.45, 7) is 6.92. The summed E-state index contributed by atoms with van der Waals surface area (Å²) in [7, 11) is 1.64. The van der Waals surface area contributed by atoms with Gasteiger partial charge < -0.3 is 15.4 Å². The number of ether oxygens (including phenoxy) is 1. The van der Waals surface area contributed by atoms with Gasteiger partial charge in [-0.1, -0.05) is 19.1 Å². The van der Waals surface area contributed by atoms with E-state index in [-0.39, 0.29) is 37.0 Å². The van der Waals surface area contributed by atoms with Gasteiger partial charge >= 0.3 is 0 Å². The van der Waals surface area contributed by atoms with Gasteiger partial charge in [-0.25, -0.2) is 0 Å². The zero-order chi connectivity index (χ0) is 19.1. The normalized spacial score (nSPS) is 15.0. The van der Waals surface area contributed by atoms with Crippen LogP contribution < -0.4 is 15.4 Å². The third kappa shape index (κ3) is 6.33. The molecule has 1 aliphatic carbocycles. The molecule has 0 aliphatic heterocycles. The number of carbonyl (C=O) groups is 2. The summed E-state index contributed by atoms with van der Waals surface area (Å²) in [4.78, 5) is 26.3. The molecule has 144 valence electrons. The third-order valence-electron chi connectivity index (χ3n) is 4.52. The Bertz CT molecular complexity index is 597. The molecule has 6 heteroatoms. The standard InChI is InChI=1S/C20H31N3O3/c1-5-23(12-18(24)21-14(2)3)13-19(25)22-20(15-6-7-15)16-8-10-17(26-4)11-9-16/h8-11,14-15,20H,5-7,12-13H2,1-4H3,(H,21,24)(H,22,25). The first kappa shape index (κ1) is 20.2. The van der Waals surface area contributed by atoms with Gasteiger partial charge in [0.15, 0.2) is 0 Å². The van der Waals surface area contributed by atoms with Gasteiger partial charge in [0, 0.05) is 6.04 Å². The van der Waals surface area contributed by atoms with Crippen molar-refractivity contribution < 1.29 is 14.3 Å². The number of methoxy groups -OCH3 is 1. The van der Waals surface area contributed by atoms with Crippen LogP contribution >= 0.6 is 0 Å². The zero-order valence-corrected chi connectivity index (χ0v) is 16.2. The van der Waals surface area contributed by atoms with E-state index in [0.717, 1.165) is 24.2 Å². The molecule has 1 fully saturated rings. The molecule has 1 saturated carbocycles. The average molecular weight is 361 g/mol. The van der Waals surface area contributed by atoms with Gasteiger partial charge in [-0.15, -0.1) is 0 Å². The van der Waals surface area contributed by atoms with E-state index in [0.29, 0.717) is 12.5 Å². The Balaban J connectivity index is 1.93. The lowest BCUT2D eigenvalue weighted by atomic mass is 10.0. The number of likely N-dealkylation sites (N-methyl/N-ethyl adjacent to an activating group) is 1. The van der Waals surface area contributed by atoms with E-state index in [1.807, 2.05) is 49.9 Å². The summed E-state index contributed by atoms with van der Waals surface area (Å²) in [6.07, 6.45) is 2.26. The van der Waals surface area contributed by atoms with E-state index < -0.39 is 0 Å². The number of hydrogen-bond acceptors (Lipinski definition) is 4. The highest BCUT2D eigenvalue weighted by Gasteiger charge is 2.33. The number of nitrogens with zero attached hydrogens (tertiary/aromatic N) is 1. The van der Waals surface area contributed by atoms with E-state index in [9.17, 15) is 9.59 Å². The molecule has 0 radical (unpaired) electrons. The van der Waals surface area contributed by atoms with Crippen LogP contribution in [0.25, 0.3) is 0 Å². The fourth-order valence-electron chi connectivity index (χ4n) is 2.99. The molecule has 26 heavy (non-hydrogen) atoms. The molecule has 1 aromatic carbocycles. The van der Waals surface area contributed by atoms with Gasteiger partial charge in [0.05, 0.1) is 26.2 Å². The van der Waals surface area contributed by atoms with Crippen LogP contribution in [0.4, 0.5) is 0 Å². The number of carbonyl (C=O) groups excluding carboxylic acids is 2. The molecular weight excluding hydrogens is 330 g/mol. The molecule has 0 saturated heterocycles. The highest BCUT2D eigenvalue weighted by atomic mass is 16.5. The lowest BCUT2D eigenvalue weighted by Crippen LogP contribution is -2.45. The van der Waals surface area contributed by atoms with Crippen LogP contribution in [0.1, 0.15) is 45.2 Å². The Kier molecular flexibility index (Phi) is 7.45. The van der Waals surface area contributed by atoms with Crippen LogP contribution in [0.3, 0.4) is 0 Å². The minimum Gasteiger partial charge on any atom is -0.497 e. The second-order valence-corrected chi connectivity index (χ2v) is 7.18. The van der Waals surface area contributed by atoms with E-state index in [1.54, 1.807) is 7.11 Å². The smallest absolute Gasteiger partial charge is 0.234 e. The average Bonchev–Trinajstić information content (AvgIpc) is 3.43. The highest BCUT2D eigenvalue weighted by molar-refractivity contribution is 5.81. The molecule has 2 amide bonds. The van der Waals surface area contributed by atoms with Crippen LogP contribution in [-0.4, -0.2) is 49.5 Å². The molecule has 0 aromatic heterocycles. The van der Waals surface area contributed by atoms with Crippen molar-refractivity contribution in [1.29, 1.82) is 0 Å². The van der Waals surface area contributed by atoms with Crippen molar-refractivity contribution >= 4 is 11.8 Å². The Morgan fingerprint density at radius 1 is 1.12 bits per heavy atom. The molecule has 2 N–H and O–H groups in total. The second-order valence-electron chi connectivity index (χ2n) is 7.18. The van der Waals surface area contributed by atoms with Crippen molar-refractivity contribution in [3.05, 3.63) is 29.8 Å². The molecule has 1 atom stereocenters. The molecule has 0 heterocycles. The SMILES string of the molecule is CCN(CC(=O)NC(C)C)CC(=O)NC(c1ccc(OC)cc1)C1CC1. The summed E-state index contributed by atoms with van der Waals surface area (Å²) in [5.74, 6) is 1.20. The van der Waals surface area contributed by atoms with Crippen molar-refractivity contribution in [2.45, 2.75) is 45.7 Å². The quantitative estimate of drug-likeness (QED) is 0.670. The maximum atomic E-state index is 12.5. The van der Waals surface area contributed by atoms with E-state index in [4.69, 9.17) is 4.74 Å². The number of rotatable bonds is 10. The Hall–Kier alpha value is -2.08. The van der Waals surface area contributed by atoms with Gasteiger partial charge in [-0.2, -0.15) is 0 Å². The van der Waals surface area contributed by atoms with Gasteiger partial charge in [-0.3, -0.25) is 14.5 Å². The summed E-state index contributed by atoms with van der Waals surface area (Å²) >= 11 is 0. The first-order chi connectivity index (χ1) is 12.4. The van der Waals surface area contributed by atoms with Gasteiger partial charge in [0.2, 0.25) is 11.8 Å². The minimum atomic E-state index is -0.0523. The van der Waals surface area contributed by atoms with Gasteiger partial charge in [0.25, 0.3) is 0 Å². The Morgan fingerprint density at radius 3 is 2.15 bits per heavy atom. The predicted molar refractivity (Wildman–Crippen MR) is 102 cm³/mol. The van der Waals surface area contributed by atoms with E-state index >= 15 is 0 Å². The number of benzene rings is 1. The number of nitrogens with one attached hydrogen (secondary N) is 2. The van der Waals surface area contributed by atoms with E-state index in [2.05, 4.69) is 10.6 Å². The highest BCUT2D eigenvalue weighted by Crippen LogP contribution is 2.41. The first-order valence-corrected chi connectivity index (χ1v) is 9.38. The summed E-state index contributed by atoms with van der Waals surface area (Å²) in [5, 5.41) is 6.02. The summed E-state index contributed by atoms with van der Waals surface area (Å²) < 4.78 is 5.21. The minimum absolute atomic E-state index is 0.0246. The van der Waals surface area contributed by atoms with Crippen LogP contribution in [0, 0.1) is 5.92 Å². The maximum absolute atomic E-state index is 12.5. The lowest BCUT2D eigenvalue weighted by Gasteiger charge is -2.23. The fourth-order valence-corrected chi connectivity index (χ4v) is 2.99. The Labute approximate surface area is 156 Å². The molecule has 2 rings (SSSR count). The lowest BCUT2D eigenvalue weighted by molar-refractivity contribution is -0.125. The van der Waals surface area contributed by atoms with Crippen molar-refractivity contribution in [3.8, 4) is 5.75 Å². The molecule has 6 nitrogen and oxygen atoms in total. The second kappa shape index (κ2) is 9.57. The fraction of sp³-hybridized carbons (Fsp3) is 0.600. The topological polar surface area (TPSA) is 70.7 Å². The van der Waals surface area contributed by atoms with Gasteiger partial charge in [-0.05, 0) is 56.8 Å². The molecule has 0 bridgehead atoms. The van der Waals surface area contributed by atoms with Crippen molar-refractivity contribution in [2.24, 2.45) is 5.92 Å². The Morgan fingerprint density at radius 2 is 1.69 bits per heavy atom. The molecule has 1 aliphatic rings. The van der Waals surface area contributed by atoms with Crippen molar-refractivity contribution in [3.63, 3.8) is 0 Å². The molecular formula is C20H31N3O3. The molecule has 1 unspecified atom stereocenters. The third-order valence-corrected chi connectivity index (χ3v) is 4.52. The number of hydrogen-bond donors (Lipinski definition) is 2. The maximum Gasteiger partial charge on any atom is 0.234 e. The number of amides is 2. The summed E-state index contributed by atoms with van der Waals surface area (Å²) in [6, 6.07) is 7.99. The first-order valence-electron chi connectivity index (χ1n) is 9.38.